The second-order valence-electron chi connectivity index (χ2n) is 7.30. The van der Waals surface area contributed by atoms with E-state index in [-0.39, 0.29) is 12.5 Å². The summed E-state index contributed by atoms with van der Waals surface area (Å²) in [7, 11) is 0. The molecule has 0 radical (unpaired) electrons. The summed E-state index contributed by atoms with van der Waals surface area (Å²) in [5, 5.41) is 8.87. The molecular formula is C26H23BrN4O2. The van der Waals surface area contributed by atoms with E-state index in [0.717, 1.165) is 33.4 Å². The summed E-state index contributed by atoms with van der Waals surface area (Å²) in [6.45, 7) is 1.97. The molecule has 166 valence electrons. The Morgan fingerprint density at radius 2 is 1.79 bits per heavy atom. The van der Waals surface area contributed by atoms with E-state index in [1.807, 2.05) is 85.1 Å². The zero-order valence-electron chi connectivity index (χ0n) is 18.1. The first kappa shape index (κ1) is 22.5. The Bertz CT molecular complexity index is 1230. The zero-order chi connectivity index (χ0) is 23.0. The molecule has 3 aromatic carbocycles. The monoisotopic (exact) mass is 502 g/mol. The minimum absolute atomic E-state index is 0.119. The van der Waals surface area contributed by atoms with Crippen LogP contribution in [0.4, 0.5) is 0 Å². The van der Waals surface area contributed by atoms with Gasteiger partial charge in [0, 0.05) is 21.8 Å². The number of para-hydroxylation sites is 1. The molecule has 0 fully saturated rings. The first-order valence-electron chi connectivity index (χ1n) is 10.6. The molecule has 0 aliphatic rings. The summed E-state index contributed by atoms with van der Waals surface area (Å²) in [5.74, 6) is 0.305. The van der Waals surface area contributed by atoms with Gasteiger partial charge in [0.1, 0.15) is 11.4 Å². The number of aryl methyl sites for hydroxylation is 1. The number of aromatic nitrogens is 2. The lowest BCUT2D eigenvalue weighted by Crippen LogP contribution is -2.24. The van der Waals surface area contributed by atoms with E-state index in [0.29, 0.717) is 5.75 Å². The summed E-state index contributed by atoms with van der Waals surface area (Å²) in [6.07, 6.45) is 4.44. The maximum absolute atomic E-state index is 12.2. The number of hydrazone groups is 1. The molecule has 0 saturated heterocycles. The Morgan fingerprint density at radius 1 is 1.06 bits per heavy atom. The Labute approximate surface area is 201 Å². The predicted octanol–water partition coefficient (Wildman–Crippen LogP) is 5.39. The highest BCUT2D eigenvalue weighted by molar-refractivity contribution is 9.10. The Hall–Kier alpha value is -3.71. The Kier molecular flexibility index (Phi) is 7.32. The van der Waals surface area contributed by atoms with Crippen LogP contribution in [0.2, 0.25) is 0 Å². The van der Waals surface area contributed by atoms with E-state index < -0.39 is 0 Å². The number of ether oxygens (including phenoxy) is 1. The van der Waals surface area contributed by atoms with Crippen molar-refractivity contribution in [2.24, 2.45) is 5.10 Å². The van der Waals surface area contributed by atoms with Gasteiger partial charge in [-0.15, -0.1) is 0 Å². The highest BCUT2D eigenvalue weighted by Gasteiger charge is 2.11. The summed E-state index contributed by atoms with van der Waals surface area (Å²) >= 11 is 3.46. The second kappa shape index (κ2) is 10.7. The van der Waals surface area contributed by atoms with Crippen LogP contribution in [0.3, 0.4) is 0 Å². The molecule has 0 spiro atoms. The van der Waals surface area contributed by atoms with Gasteiger partial charge < -0.3 is 4.74 Å². The molecule has 0 saturated carbocycles. The molecule has 6 nitrogen and oxygen atoms in total. The van der Waals surface area contributed by atoms with Crippen LogP contribution in [0.1, 0.15) is 18.1 Å². The fraction of sp³-hybridized carbons (Fsp3) is 0.115. The van der Waals surface area contributed by atoms with Gasteiger partial charge in [-0.2, -0.15) is 10.2 Å². The third kappa shape index (κ3) is 5.96. The van der Waals surface area contributed by atoms with Crippen LogP contribution in [-0.4, -0.2) is 28.5 Å². The summed E-state index contributed by atoms with van der Waals surface area (Å²) in [6, 6.07) is 25.4. The number of halogens is 1. The van der Waals surface area contributed by atoms with Gasteiger partial charge in [-0.05, 0) is 48.4 Å². The molecule has 1 heterocycles. The highest BCUT2D eigenvalue weighted by atomic mass is 79.9. The number of nitrogens with one attached hydrogen (secondary N) is 1. The van der Waals surface area contributed by atoms with Crippen molar-refractivity contribution in [1.82, 2.24) is 15.2 Å². The van der Waals surface area contributed by atoms with Gasteiger partial charge in [0.05, 0.1) is 11.9 Å². The van der Waals surface area contributed by atoms with Crippen molar-refractivity contribution < 1.29 is 9.53 Å². The number of benzene rings is 3. The van der Waals surface area contributed by atoms with Crippen molar-refractivity contribution in [3.8, 4) is 22.7 Å². The van der Waals surface area contributed by atoms with Crippen LogP contribution >= 0.6 is 15.9 Å². The normalized spacial score (nSPS) is 11.0. The van der Waals surface area contributed by atoms with Gasteiger partial charge in [0.2, 0.25) is 0 Å². The SMILES string of the molecule is CCc1ccc(OCC(=O)N/N=C/c2cn(-c3ccccc3)nc2-c2ccc(Br)cc2)cc1. The fourth-order valence-corrected chi connectivity index (χ4v) is 3.47. The number of amides is 1. The molecule has 0 bridgehead atoms. The van der Waals surface area contributed by atoms with Crippen molar-refractivity contribution >= 4 is 28.1 Å². The molecule has 7 heteroatoms. The van der Waals surface area contributed by atoms with Crippen molar-refractivity contribution in [3.05, 3.63) is 101 Å². The molecule has 33 heavy (non-hydrogen) atoms. The van der Waals surface area contributed by atoms with Crippen molar-refractivity contribution in [2.75, 3.05) is 6.61 Å². The van der Waals surface area contributed by atoms with E-state index in [2.05, 4.69) is 33.4 Å². The van der Waals surface area contributed by atoms with Gasteiger partial charge in [0.15, 0.2) is 6.61 Å². The number of hydrogen-bond donors (Lipinski definition) is 1. The topological polar surface area (TPSA) is 68.5 Å². The first-order chi connectivity index (χ1) is 16.1. The number of nitrogens with zero attached hydrogens (tertiary/aromatic N) is 3. The lowest BCUT2D eigenvalue weighted by atomic mass is 10.1. The lowest BCUT2D eigenvalue weighted by Gasteiger charge is -2.05. The van der Waals surface area contributed by atoms with Crippen LogP contribution in [0.15, 0.2) is 94.6 Å². The van der Waals surface area contributed by atoms with Gasteiger partial charge in [-0.25, -0.2) is 10.1 Å². The van der Waals surface area contributed by atoms with E-state index in [1.165, 1.54) is 5.56 Å². The maximum Gasteiger partial charge on any atom is 0.277 e. The quantitative estimate of drug-likeness (QED) is 0.259. The van der Waals surface area contributed by atoms with Gasteiger partial charge in [0.25, 0.3) is 5.91 Å². The molecule has 1 amide bonds. The summed E-state index contributed by atoms with van der Waals surface area (Å²) in [4.78, 5) is 12.2. The minimum Gasteiger partial charge on any atom is -0.484 e. The van der Waals surface area contributed by atoms with Crippen LogP contribution < -0.4 is 10.2 Å². The number of carbonyl (C=O) groups is 1. The lowest BCUT2D eigenvalue weighted by molar-refractivity contribution is -0.123. The first-order valence-corrected chi connectivity index (χ1v) is 11.4. The maximum atomic E-state index is 12.2. The van der Waals surface area contributed by atoms with E-state index in [4.69, 9.17) is 9.84 Å². The number of hydrogen-bond acceptors (Lipinski definition) is 4. The average molecular weight is 503 g/mol. The Morgan fingerprint density at radius 3 is 2.48 bits per heavy atom. The van der Waals surface area contributed by atoms with Crippen LogP contribution in [0.5, 0.6) is 5.75 Å². The van der Waals surface area contributed by atoms with Gasteiger partial charge in [-0.1, -0.05) is 65.3 Å². The van der Waals surface area contributed by atoms with Crippen molar-refractivity contribution in [3.63, 3.8) is 0 Å². The highest BCUT2D eigenvalue weighted by Crippen LogP contribution is 2.24. The summed E-state index contributed by atoms with van der Waals surface area (Å²) < 4.78 is 8.31. The van der Waals surface area contributed by atoms with Crippen molar-refractivity contribution in [1.29, 1.82) is 0 Å². The molecule has 0 aliphatic heterocycles. The van der Waals surface area contributed by atoms with Crippen LogP contribution in [0, 0.1) is 0 Å². The second-order valence-corrected chi connectivity index (χ2v) is 8.22. The van der Waals surface area contributed by atoms with E-state index >= 15 is 0 Å². The smallest absolute Gasteiger partial charge is 0.277 e. The standard InChI is InChI=1S/C26H23BrN4O2/c1-2-19-8-14-24(15-9-19)33-18-25(32)29-28-16-21-17-31(23-6-4-3-5-7-23)30-26(21)20-10-12-22(27)13-11-20/h3-17H,2,18H2,1H3,(H,29,32)/b28-16+. The molecule has 4 aromatic rings. The average Bonchev–Trinajstić information content (AvgIpc) is 3.28. The Balaban J connectivity index is 1.46. The molecule has 1 N–H and O–H groups in total. The third-order valence-corrected chi connectivity index (χ3v) is 5.50. The van der Waals surface area contributed by atoms with E-state index in [9.17, 15) is 4.79 Å². The zero-order valence-corrected chi connectivity index (χ0v) is 19.7. The molecule has 1 aromatic heterocycles. The number of rotatable bonds is 8. The summed E-state index contributed by atoms with van der Waals surface area (Å²) in [5.41, 5.74) is 7.15. The minimum atomic E-state index is -0.341. The van der Waals surface area contributed by atoms with E-state index in [1.54, 1.807) is 10.9 Å². The van der Waals surface area contributed by atoms with Gasteiger partial charge >= 0.3 is 0 Å². The third-order valence-electron chi connectivity index (χ3n) is 4.98. The largest absolute Gasteiger partial charge is 0.484 e. The molecule has 0 aliphatic carbocycles. The van der Waals surface area contributed by atoms with Crippen molar-refractivity contribution in [2.45, 2.75) is 13.3 Å². The fourth-order valence-electron chi connectivity index (χ4n) is 3.20. The molecule has 0 unspecified atom stereocenters. The predicted molar refractivity (Wildman–Crippen MR) is 134 cm³/mol. The van der Waals surface area contributed by atoms with Crippen LogP contribution in [-0.2, 0) is 11.2 Å². The van der Waals surface area contributed by atoms with Crippen LogP contribution in [0.25, 0.3) is 16.9 Å². The molecular weight excluding hydrogens is 480 g/mol. The van der Waals surface area contributed by atoms with Gasteiger partial charge in [-0.3, -0.25) is 4.79 Å². The molecule has 0 atom stereocenters. The number of carbonyl (C=O) groups excluding carboxylic acids is 1. The molecule has 4 rings (SSSR count).